The summed E-state index contributed by atoms with van der Waals surface area (Å²) in [6, 6.07) is 10.9. The number of aromatic carboxylic acids is 1. The first kappa shape index (κ1) is 14.8. The van der Waals surface area contributed by atoms with Gasteiger partial charge >= 0.3 is 5.97 Å². The SMILES string of the molecule is COc1ccc(C(=O)O)cc1CN1C(=O)c2ccccc2C1=O. The number of carbonyl (C=O) groups excluding carboxylic acids is 2. The number of carboxylic acid groups (broad SMARTS) is 1. The van der Waals surface area contributed by atoms with Crippen LogP contribution < -0.4 is 4.74 Å². The fraction of sp³-hybridized carbons (Fsp3) is 0.118. The van der Waals surface area contributed by atoms with E-state index >= 15 is 0 Å². The first-order valence-electron chi connectivity index (χ1n) is 6.88. The lowest BCUT2D eigenvalue weighted by molar-refractivity contribution is 0.0640. The van der Waals surface area contributed by atoms with Crippen LogP contribution in [0.5, 0.6) is 5.75 Å². The fourth-order valence-electron chi connectivity index (χ4n) is 2.59. The van der Waals surface area contributed by atoms with Crippen molar-refractivity contribution in [3.05, 3.63) is 64.7 Å². The van der Waals surface area contributed by atoms with Crippen LogP contribution in [-0.4, -0.2) is 34.9 Å². The maximum absolute atomic E-state index is 12.4. The predicted octanol–water partition coefficient (Wildman–Crippen LogP) is 2.19. The molecule has 6 nitrogen and oxygen atoms in total. The number of methoxy groups -OCH3 is 1. The van der Waals surface area contributed by atoms with Gasteiger partial charge < -0.3 is 9.84 Å². The summed E-state index contributed by atoms with van der Waals surface area (Å²) >= 11 is 0. The summed E-state index contributed by atoms with van der Waals surface area (Å²) in [6.07, 6.45) is 0. The molecule has 1 aliphatic rings. The largest absolute Gasteiger partial charge is 0.496 e. The third-order valence-electron chi connectivity index (χ3n) is 3.73. The molecule has 116 valence electrons. The van der Waals surface area contributed by atoms with E-state index in [0.717, 1.165) is 4.90 Å². The molecule has 0 saturated carbocycles. The van der Waals surface area contributed by atoms with Crippen molar-refractivity contribution in [1.29, 1.82) is 0 Å². The number of carboxylic acids is 1. The number of carbonyl (C=O) groups is 3. The van der Waals surface area contributed by atoms with Crippen LogP contribution in [0.4, 0.5) is 0 Å². The molecule has 6 heteroatoms. The van der Waals surface area contributed by atoms with E-state index in [4.69, 9.17) is 9.84 Å². The normalized spacial score (nSPS) is 13.2. The van der Waals surface area contributed by atoms with Gasteiger partial charge in [0, 0.05) is 5.56 Å². The molecule has 0 unspecified atom stereocenters. The molecule has 0 aromatic heterocycles. The minimum Gasteiger partial charge on any atom is -0.496 e. The highest BCUT2D eigenvalue weighted by Gasteiger charge is 2.35. The Morgan fingerprint density at radius 2 is 1.70 bits per heavy atom. The lowest BCUT2D eigenvalue weighted by Crippen LogP contribution is -2.29. The fourth-order valence-corrected chi connectivity index (χ4v) is 2.59. The van der Waals surface area contributed by atoms with Gasteiger partial charge in [-0.2, -0.15) is 0 Å². The van der Waals surface area contributed by atoms with Crippen LogP contribution in [0, 0.1) is 0 Å². The molecule has 1 aliphatic heterocycles. The van der Waals surface area contributed by atoms with E-state index in [1.165, 1.54) is 25.3 Å². The van der Waals surface area contributed by atoms with Gasteiger partial charge in [-0.1, -0.05) is 12.1 Å². The van der Waals surface area contributed by atoms with E-state index in [0.29, 0.717) is 22.4 Å². The maximum atomic E-state index is 12.4. The molecule has 0 radical (unpaired) electrons. The summed E-state index contributed by atoms with van der Waals surface area (Å²) in [4.78, 5) is 37.0. The second-order valence-corrected chi connectivity index (χ2v) is 5.07. The molecule has 0 fully saturated rings. The number of fused-ring (bicyclic) bond motifs is 1. The molecule has 0 bridgehead atoms. The number of hydrogen-bond donors (Lipinski definition) is 1. The van der Waals surface area contributed by atoms with Gasteiger partial charge in [-0.25, -0.2) is 4.79 Å². The van der Waals surface area contributed by atoms with E-state index in [9.17, 15) is 14.4 Å². The number of amides is 2. The van der Waals surface area contributed by atoms with E-state index in [2.05, 4.69) is 0 Å². The molecule has 23 heavy (non-hydrogen) atoms. The van der Waals surface area contributed by atoms with Crippen molar-refractivity contribution in [2.75, 3.05) is 7.11 Å². The Morgan fingerprint density at radius 1 is 1.09 bits per heavy atom. The average molecular weight is 311 g/mol. The molecule has 3 rings (SSSR count). The van der Waals surface area contributed by atoms with Crippen LogP contribution in [0.2, 0.25) is 0 Å². The van der Waals surface area contributed by atoms with Gasteiger partial charge in [0.25, 0.3) is 11.8 Å². The Bertz CT molecular complexity index is 792. The van der Waals surface area contributed by atoms with Crippen LogP contribution in [0.15, 0.2) is 42.5 Å². The van der Waals surface area contributed by atoms with Crippen molar-refractivity contribution < 1.29 is 24.2 Å². The minimum atomic E-state index is -1.09. The van der Waals surface area contributed by atoms with E-state index in [1.807, 2.05) is 0 Å². The van der Waals surface area contributed by atoms with Crippen molar-refractivity contribution in [3.8, 4) is 5.75 Å². The molecule has 2 aromatic rings. The van der Waals surface area contributed by atoms with Gasteiger partial charge in [0.2, 0.25) is 0 Å². The number of imide groups is 1. The van der Waals surface area contributed by atoms with Crippen LogP contribution in [0.25, 0.3) is 0 Å². The van der Waals surface area contributed by atoms with E-state index in [-0.39, 0.29) is 12.1 Å². The number of hydrogen-bond acceptors (Lipinski definition) is 4. The van der Waals surface area contributed by atoms with Gasteiger partial charge in [-0.15, -0.1) is 0 Å². The highest BCUT2D eigenvalue weighted by Crippen LogP contribution is 2.28. The smallest absolute Gasteiger partial charge is 0.335 e. The third kappa shape index (κ3) is 2.44. The number of ether oxygens (including phenoxy) is 1. The summed E-state index contributed by atoms with van der Waals surface area (Å²) in [5, 5.41) is 9.09. The van der Waals surface area contributed by atoms with Crippen LogP contribution in [0.3, 0.4) is 0 Å². The van der Waals surface area contributed by atoms with Crippen molar-refractivity contribution in [1.82, 2.24) is 4.90 Å². The molecule has 1 heterocycles. The molecular formula is C17H13NO5. The van der Waals surface area contributed by atoms with Crippen molar-refractivity contribution in [3.63, 3.8) is 0 Å². The van der Waals surface area contributed by atoms with Gasteiger partial charge in [-0.05, 0) is 30.3 Å². The molecule has 0 aliphatic carbocycles. The molecule has 0 spiro atoms. The number of nitrogens with zero attached hydrogens (tertiary/aromatic N) is 1. The Balaban J connectivity index is 1.97. The monoisotopic (exact) mass is 311 g/mol. The Kier molecular flexibility index (Phi) is 3.57. The maximum Gasteiger partial charge on any atom is 0.335 e. The van der Waals surface area contributed by atoms with Crippen molar-refractivity contribution in [2.24, 2.45) is 0 Å². The van der Waals surface area contributed by atoms with Crippen molar-refractivity contribution >= 4 is 17.8 Å². The molecule has 0 saturated heterocycles. The van der Waals surface area contributed by atoms with Gasteiger partial charge in [0.15, 0.2) is 0 Å². The highest BCUT2D eigenvalue weighted by molar-refractivity contribution is 6.21. The van der Waals surface area contributed by atoms with Gasteiger partial charge in [0.1, 0.15) is 5.75 Å². The zero-order valence-corrected chi connectivity index (χ0v) is 12.3. The summed E-state index contributed by atoms with van der Waals surface area (Å²) in [6.45, 7) is -0.0450. The van der Waals surface area contributed by atoms with Crippen LogP contribution >= 0.6 is 0 Å². The summed E-state index contributed by atoms with van der Waals surface area (Å²) in [7, 11) is 1.45. The summed E-state index contributed by atoms with van der Waals surface area (Å²) in [5.41, 5.74) is 1.23. The standard InChI is InChI=1S/C17H13NO5/c1-23-14-7-6-10(17(21)22)8-11(14)9-18-15(19)12-4-2-3-5-13(12)16(18)20/h2-8H,9H2,1H3,(H,21,22). The Morgan fingerprint density at radius 3 is 2.22 bits per heavy atom. The minimum absolute atomic E-state index is 0.0450. The first-order chi connectivity index (χ1) is 11.0. The molecule has 0 atom stereocenters. The molecule has 2 amide bonds. The lowest BCUT2D eigenvalue weighted by atomic mass is 10.1. The molecule has 2 aromatic carbocycles. The second-order valence-electron chi connectivity index (χ2n) is 5.07. The Labute approximate surface area is 131 Å². The topological polar surface area (TPSA) is 83.9 Å². The van der Waals surface area contributed by atoms with Crippen LogP contribution in [-0.2, 0) is 6.54 Å². The second kappa shape index (κ2) is 5.57. The predicted molar refractivity (Wildman–Crippen MR) is 80.6 cm³/mol. The highest BCUT2D eigenvalue weighted by atomic mass is 16.5. The van der Waals surface area contributed by atoms with E-state index in [1.54, 1.807) is 24.3 Å². The quantitative estimate of drug-likeness (QED) is 0.875. The van der Waals surface area contributed by atoms with Gasteiger partial charge in [-0.3, -0.25) is 14.5 Å². The van der Waals surface area contributed by atoms with Crippen molar-refractivity contribution in [2.45, 2.75) is 6.54 Å². The van der Waals surface area contributed by atoms with E-state index < -0.39 is 17.8 Å². The zero-order chi connectivity index (χ0) is 16.6. The summed E-state index contributed by atoms with van der Waals surface area (Å²) in [5.74, 6) is -1.45. The molecule has 1 N–H and O–H groups in total. The lowest BCUT2D eigenvalue weighted by Gasteiger charge is -2.16. The van der Waals surface area contributed by atoms with Crippen LogP contribution in [0.1, 0.15) is 36.6 Å². The summed E-state index contributed by atoms with van der Waals surface area (Å²) < 4.78 is 5.20. The number of rotatable bonds is 4. The molecular weight excluding hydrogens is 298 g/mol. The van der Waals surface area contributed by atoms with Gasteiger partial charge in [0.05, 0.1) is 30.3 Å². The third-order valence-corrected chi connectivity index (χ3v) is 3.73. The Hall–Kier alpha value is -3.15. The zero-order valence-electron chi connectivity index (χ0n) is 12.3. The average Bonchev–Trinajstić information content (AvgIpc) is 2.80. The number of benzene rings is 2. The first-order valence-corrected chi connectivity index (χ1v) is 6.88.